The van der Waals surface area contributed by atoms with Crippen molar-refractivity contribution < 1.29 is 13.2 Å². The third kappa shape index (κ3) is 4.42. The van der Waals surface area contributed by atoms with Crippen LogP contribution in [0.15, 0.2) is 24.3 Å². The van der Waals surface area contributed by atoms with Gasteiger partial charge in [-0.2, -0.15) is 23.5 Å². The molecule has 23 heavy (non-hydrogen) atoms. The minimum atomic E-state index is -4.18. The monoisotopic (exact) mass is 320 g/mol. The van der Waals surface area contributed by atoms with Crippen molar-refractivity contribution >= 4 is 11.5 Å². The van der Waals surface area contributed by atoms with Gasteiger partial charge in [0.2, 0.25) is 0 Å². The lowest BCUT2D eigenvalue weighted by atomic mass is 10.1. The van der Waals surface area contributed by atoms with Crippen LogP contribution in [0, 0.1) is 25.2 Å². The lowest BCUT2D eigenvalue weighted by Crippen LogP contribution is -2.08. The smallest absolute Gasteiger partial charge is 0.338 e. The largest absolute Gasteiger partial charge is 0.389 e. The van der Waals surface area contributed by atoms with Crippen LogP contribution in [0.2, 0.25) is 0 Å². The van der Waals surface area contributed by atoms with Crippen LogP contribution in [0.5, 0.6) is 0 Å². The molecule has 0 aliphatic carbocycles. The van der Waals surface area contributed by atoms with Crippen molar-refractivity contribution in [1.29, 1.82) is 5.26 Å². The fourth-order valence-electron chi connectivity index (χ4n) is 2.06. The summed E-state index contributed by atoms with van der Waals surface area (Å²) in [6, 6.07) is 8.68. The van der Waals surface area contributed by atoms with Crippen LogP contribution in [0.25, 0.3) is 0 Å². The summed E-state index contributed by atoms with van der Waals surface area (Å²) < 4.78 is 36.9. The third-order valence-corrected chi connectivity index (χ3v) is 3.45. The summed E-state index contributed by atoms with van der Waals surface area (Å²) in [7, 11) is 0. The minimum Gasteiger partial charge on any atom is -0.338 e. The van der Waals surface area contributed by atoms with Crippen molar-refractivity contribution in [3.8, 4) is 6.07 Å². The van der Waals surface area contributed by atoms with Crippen molar-refractivity contribution in [3.05, 3.63) is 46.6 Å². The van der Waals surface area contributed by atoms with Gasteiger partial charge in [-0.3, -0.25) is 0 Å². The van der Waals surface area contributed by atoms with Crippen LogP contribution < -0.4 is 5.32 Å². The van der Waals surface area contributed by atoms with Crippen LogP contribution in [0.4, 0.5) is 24.7 Å². The second-order valence-electron chi connectivity index (χ2n) is 5.19. The maximum atomic E-state index is 12.3. The van der Waals surface area contributed by atoms with Crippen molar-refractivity contribution in [2.45, 2.75) is 32.9 Å². The van der Waals surface area contributed by atoms with Crippen molar-refractivity contribution in [3.63, 3.8) is 0 Å². The number of halogens is 3. The highest BCUT2D eigenvalue weighted by Crippen LogP contribution is 2.25. The van der Waals surface area contributed by atoms with Crippen molar-refractivity contribution in [2.75, 3.05) is 5.32 Å². The van der Waals surface area contributed by atoms with Gasteiger partial charge in [0.1, 0.15) is 11.6 Å². The molecule has 0 aliphatic rings. The molecule has 1 aromatic carbocycles. The van der Waals surface area contributed by atoms with Gasteiger partial charge in [0.25, 0.3) is 0 Å². The van der Waals surface area contributed by atoms with Crippen LogP contribution in [0.1, 0.15) is 28.8 Å². The molecule has 0 saturated heterocycles. The number of alkyl halides is 3. The van der Waals surface area contributed by atoms with Crippen LogP contribution in [-0.4, -0.2) is 16.4 Å². The summed E-state index contributed by atoms with van der Waals surface area (Å²) >= 11 is 0. The molecule has 2 rings (SSSR count). The van der Waals surface area contributed by atoms with Gasteiger partial charge in [-0.15, -0.1) is 5.10 Å². The highest BCUT2D eigenvalue weighted by Gasteiger charge is 2.26. The summed E-state index contributed by atoms with van der Waals surface area (Å²) in [6.07, 6.45) is -5.15. The van der Waals surface area contributed by atoms with E-state index in [4.69, 9.17) is 0 Å². The number of aromatic nitrogens is 2. The third-order valence-electron chi connectivity index (χ3n) is 3.45. The second kappa shape index (κ2) is 6.65. The number of nitrogens with zero attached hydrogens (tertiary/aromatic N) is 3. The number of hydrogen-bond donors (Lipinski definition) is 1. The van der Waals surface area contributed by atoms with Gasteiger partial charge in [0.05, 0.1) is 5.69 Å². The Bertz CT molecular complexity index is 748. The molecule has 0 bridgehead atoms. The predicted octanol–water partition coefficient (Wildman–Crippen LogP) is 4.20. The molecule has 0 unspecified atom stereocenters. The number of rotatable bonds is 4. The van der Waals surface area contributed by atoms with Gasteiger partial charge in [-0.1, -0.05) is 12.1 Å². The van der Waals surface area contributed by atoms with Gasteiger partial charge in [0, 0.05) is 12.1 Å². The zero-order valence-corrected chi connectivity index (χ0v) is 12.7. The summed E-state index contributed by atoms with van der Waals surface area (Å²) in [4.78, 5) is 0. The van der Waals surface area contributed by atoms with Gasteiger partial charge in [-0.05, 0) is 43.5 Å². The van der Waals surface area contributed by atoms with E-state index in [9.17, 15) is 18.4 Å². The van der Waals surface area contributed by atoms with E-state index in [2.05, 4.69) is 21.6 Å². The van der Waals surface area contributed by atoms with E-state index in [1.165, 1.54) is 0 Å². The van der Waals surface area contributed by atoms with Gasteiger partial charge in [-0.25, -0.2) is 0 Å². The van der Waals surface area contributed by atoms with E-state index in [1.807, 2.05) is 0 Å². The molecule has 0 amide bonds. The number of benzene rings is 1. The first-order valence-electron chi connectivity index (χ1n) is 6.97. The Morgan fingerprint density at radius 1 is 1.22 bits per heavy atom. The predicted molar refractivity (Wildman–Crippen MR) is 80.3 cm³/mol. The Morgan fingerprint density at radius 2 is 1.96 bits per heavy atom. The highest BCUT2D eigenvalue weighted by molar-refractivity contribution is 5.64. The molecule has 0 saturated carbocycles. The molecule has 1 heterocycles. The molecule has 2 aromatic rings. The maximum Gasteiger partial charge on any atom is 0.389 e. The van der Waals surface area contributed by atoms with E-state index >= 15 is 0 Å². The highest BCUT2D eigenvalue weighted by atomic mass is 19.4. The van der Waals surface area contributed by atoms with E-state index < -0.39 is 12.6 Å². The molecule has 0 fully saturated rings. The molecule has 0 atom stereocenters. The Labute approximate surface area is 132 Å². The van der Waals surface area contributed by atoms with Crippen LogP contribution >= 0.6 is 0 Å². The molecule has 1 aromatic heterocycles. The number of nitriles is 1. The number of aryl methyl sites for hydroxylation is 2. The normalized spacial score (nSPS) is 11.1. The number of hydrogen-bond acceptors (Lipinski definition) is 4. The zero-order valence-electron chi connectivity index (χ0n) is 12.7. The Balaban J connectivity index is 2.22. The van der Waals surface area contributed by atoms with Gasteiger partial charge < -0.3 is 5.32 Å². The van der Waals surface area contributed by atoms with Gasteiger partial charge in [0.15, 0.2) is 5.82 Å². The average molecular weight is 320 g/mol. The fourth-order valence-corrected chi connectivity index (χ4v) is 2.06. The van der Waals surface area contributed by atoms with Crippen LogP contribution in [0.3, 0.4) is 0 Å². The first-order chi connectivity index (χ1) is 10.8. The zero-order chi connectivity index (χ0) is 17.0. The first kappa shape index (κ1) is 16.7. The fraction of sp³-hybridized carbons (Fsp3) is 0.312. The summed E-state index contributed by atoms with van der Waals surface area (Å²) in [5, 5.41) is 20.1. The molecule has 1 N–H and O–H groups in total. The molecule has 0 spiro atoms. The topological polar surface area (TPSA) is 61.6 Å². The molecular formula is C16H15F3N4. The maximum absolute atomic E-state index is 12.3. The second-order valence-corrected chi connectivity index (χ2v) is 5.19. The first-order valence-corrected chi connectivity index (χ1v) is 6.97. The Hall–Kier alpha value is -2.62. The van der Waals surface area contributed by atoms with E-state index in [0.29, 0.717) is 28.3 Å². The Kier molecular flexibility index (Phi) is 4.84. The lowest BCUT2D eigenvalue weighted by Gasteiger charge is -2.11. The van der Waals surface area contributed by atoms with Crippen molar-refractivity contribution in [2.24, 2.45) is 0 Å². The lowest BCUT2D eigenvalue weighted by molar-refractivity contribution is -0.133. The number of anilines is 2. The number of nitrogens with one attached hydrogen (secondary N) is 1. The van der Waals surface area contributed by atoms with Crippen molar-refractivity contribution in [1.82, 2.24) is 10.2 Å². The summed E-state index contributed by atoms with van der Waals surface area (Å²) in [6.45, 7) is 3.53. The van der Waals surface area contributed by atoms with Crippen LogP contribution in [-0.2, 0) is 6.42 Å². The molecule has 7 heteroatoms. The minimum absolute atomic E-state index is 0.0945. The van der Waals surface area contributed by atoms with Gasteiger partial charge >= 0.3 is 6.18 Å². The summed E-state index contributed by atoms with van der Waals surface area (Å²) in [5.41, 5.74) is 2.88. The van der Waals surface area contributed by atoms with E-state index in [1.54, 1.807) is 38.1 Å². The molecule has 4 nitrogen and oxygen atoms in total. The quantitative estimate of drug-likeness (QED) is 0.917. The Morgan fingerprint density at radius 3 is 2.61 bits per heavy atom. The van der Waals surface area contributed by atoms with E-state index in [0.717, 1.165) is 5.56 Å². The van der Waals surface area contributed by atoms with E-state index in [-0.39, 0.29) is 6.42 Å². The molecule has 120 valence electrons. The molecule has 0 aliphatic heterocycles. The summed E-state index contributed by atoms with van der Waals surface area (Å²) in [5.74, 6) is 0.295. The SMILES string of the molecule is Cc1nnc(Nc2cccc(CCC(F)(F)F)c2)c(C#N)c1C. The standard InChI is InChI=1S/C16H15F3N4/c1-10-11(2)22-23-15(14(10)9-20)21-13-5-3-4-12(8-13)6-7-16(17,18)19/h3-5,8H,6-7H2,1-2H3,(H,21,23). The average Bonchev–Trinajstić information content (AvgIpc) is 2.49. The molecular weight excluding hydrogens is 305 g/mol. The molecule has 0 radical (unpaired) electrons.